The molecule has 0 radical (unpaired) electrons. The molecule has 4 atom stereocenters. The molecule has 11 heteroatoms. The van der Waals surface area contributed by atoms with Crippen molar-refractivity contribution in [3.05, 3.63) is 59.2 Å². The van der Waals surface area contributed by atoms with Crippen LogP contribution < -0.4 is 10.6 Å². The Labute approximate surface area is 235 Å². The second kappa shape index (κ2) is 12.0. The fraction of sp³-hybridized carbons (Fsp3) is 0.533. The maximum Gasteiger partial charge on any atom is 0.416 e. The molecule has 1 saturated carbocycles. The van der Waals surface area contributed by atoms with E-state index in [0.717, 1.165) is 56.6 Å². The van der Waals surface area contributed by atoms with Crippen molar-refractivity contribution in [2.45, 2.75) is 64.5 Å². The topological polar surface area (TPSA) is 61.4 Å². The zero-order valence-corrected chi connectivity index (χ0v) is 23.2. The standard InChI is InChI=1S/C30H35F6N3O2/c1-4-6-23-25-16-39(17(2)3)15-19(25)12-26(23)38-27(40)14-37-28(41)24-13-21(30(34,35)36)9-10-22(24)18-7-5-8-20(11-18)29(31,32)33/h5,7-11,13,17,19,23,25-26H,4,6,12,14-16H2,1-3H3,(H,37,41)(H,38,40)/t19-,23?,25+,26-/m0/s1. The predicted octanol–water partition coefficient (Wildman–Crippen LogP) is 6.38. The van der Waals surface area contributed by atoms with Gasteiger partial charge in [0, 0.05) is 30.7 Å². The largest absolute Gasteiger partial charge is 0.416 e. The van der Waals surface area contributed by atoms with Gasteiger partial charge in [-0.25, -0.2) is 0 Å². The number of alkyl halides is 6. The number of fused-ring (bicyclic) bond motifs is 1. The Morgan fingerprint density at radius 2 is 1.66 bits per heavy atom. The van der Waals surface area contributed by atoms with Crippen molar-refractivity contribution >= 4 is 11.8 Å². The highest BCUT2D eigenvalue weighted by Crippen LogP contribution is 2.45. The number of hydrogen-bond donors (Lipinski definition) is 2. The average molecular weight is 584 g/mol. The summed E-state index contributed by atoms with van der Waals surface area (Å²) in [6.07, 6.45) is -6.71. The smallest absolute Gasteiger partial charge is 0.352 e. The van der Waals surface area contributed by atoms with Crippen LogP contribution in [0.3, 0.4) is 0 Å². The molecule has 2 amide bonds. The molecule has 2 aliphatic rings. The minimum atomic E-state index is -4.78. The number of nitrogens with zero attached hydrogens (tertiary/aromatic N) is 1. The molecular formula is C30H35F6N3O2. The number of carbonyl (C=O) groups is 2. The summed E-state index contributed by atoms with van der Waals surface area (Å²) >= 11 is 0. The van der Waals surface area contributed by atoms with E-state index in [1.165, 1.54) is 6.07 Å². The third-order valence-electron chi connectivity index (χ3n) is 8.34. The van der Waals surface area contributed by atoms with Crippen LogP contribution in [0.2, 0.25) is 0 Å². The van der Waals surface area contributed by atoms with E-state index in [0.29, 0.717) is 35.9 Å². The second-order valence-electron chi connectivity index (χ2n) is 11.4. The van der Waals surface area contributed by atoms with E-state index in [4.69, 9.17) is 0 Å². The summed E-state index contributed by atoms with van der Waals surface area (Å²) in [7, 11) is 0. The van der Waals surface area contributed by atoms with Crippen molar-refractivity contribution in [3.8, 4) is 11.1 Å². The summed E-state index contributed by atoms with van der Waals surface area (Å²) in [5.41, 5.74) is -2.78. The highest BCUT2D eigenvalue weighted by Gasteiger charge is 2.48. The Morgan fingerprint density at radius 3 is 2.29 bits per heavy atom. The number of rotatable bonds is 8. The minimum Gasteiger partial charge on any atom is -0.352 e. The van der Waals surface area contributed by atoms with Crippen LogP contribution >= 0.6 is 0 Å². The number of benzene rings is 2. The molecule has 4 rings (SSSR count). The molecule has 1 aliphatic carbocycles. The summed E-state index contributed by atoms with van der Waals surface area (Å²) in [6, 6.07) is 6.68. The van der Waals surface area contributed by atoms with E-state index in [9.17, 15) is 35.9 Å². The van der Waals surface area contributed by atoms with Gasteiger partial charge < -0.3 is 15.5 Å². The number of carbonyl (C=O) groups excluding carboxylic acids is 2. The summed E-state index contributed by atoms with van der Waals surface area (Å²) < 4.78 is 80.1. The van der Waals surface area contributed by atoms with Crippen molar-refractivity contribution in [3.63, 3.8) is 0 Å². The highest BCUT2D eigenvalue weighted by molar-refractivity contribution is 6.02. The highest BCUT2D eigenvalue weighted by atomic mass is 19.4. The first-order valence-electron chi connectivity index (χ1n) is 13.9. The van der Waals surface area contributed by atoms with Crippen molar-refractivity contribution in [2.75, 3.05) is 19.6 Å². The van der Waals surface area contributed by atoms with Crippen LogP contribution in [0.1, 0.15) is 61.5 Å². The van der Waals surface area contributed by atoms with Crippen molar-refractivity contribution in [1.29, 1.82) is 0 Å². The SMILES string of the molecule is CCCC1[C@@H](NC(=O)CNC(=O)c2cc(C(F)(F)F)ccc2-c2cccc(C(F)(F)F)c2)C[C@H]2CN(C(C)C)C[C@@H]12. The van der Waals surface area contributed by atoms with Gasteiger partial charge in [-0.2, -0.15) is 26.3 Å². The normalized spacial score (nSPS) is 23.1. The molecule has 1 heterocycles. The third kappa shape index (κ3) is 7.05. The quantitative estimate of drug-likeness (QED) is 0.355. The molecule has 2 fully saturated rings. The van der Waals surface area contributed by atoms with Gasteiger partial charge in [-0.3, -0.25) is 9.59 Å². The lowest BCUT2D eigenvalue weighted by molar-refractivity contribution is -0.138. The number of amides is 2. The first kappa shape index (κ1) is 30.9. The van der Waals surface area contributed by atoms with Crippen molar-refractivity contribution < 1.29 is 35.9 Å². The lowest BCUT2D eigenvalue weighted by Gasteiger charge is -2.28. The van der Waals surface area contributed by atoms with Gasteiger partial charge in [-0.15, -0.1) is 0 Å². The summed E-state index contributed by atoms with van der Waals surface area (Å²) in [5.74, 6) is -0.215. The van der Waals surface area contributed by atoms with Crippen molar-refractivity contribution in [1.82, 2.24) is 15.5 Å². The Kier molecular flexibility index (Phi) is 9.06. The molecule has 2 N–H and O–H groups in total. The van der Waals surface area contributed by atoms with Gasteiger partial charge in [0.05, 0.1) is 17.7 Å². The molecule has 2 aromatic rings. The molecule has 5 nitrogen and oxygen atoms in total. The van der Waals surface area contributed by atoms with Crippen LogP contribution in [-0.2, 0) is 17.1 Å². The molecule has 0 spiro atoms. The van der Waals surface area contributed by atoms with Gasteiger partial charge in [0.25, 0.3) is 5.91 Å². The molecule has 1 saturated heterocycles. The van der Waals surface area contributed by atoms with Gasteiger partial charge in [0.15, 0.2) is 0 Å². The van der Waals surface area contributed by atoms with Gasteiger partial charge in [0.2, 0.25) is 5.91 Å². The lowest BCUT2D eigenvalue weighted by Crippen LogP contribution is -2.45. The van der Waals surface area contributed by atoms with Gasteiger partial charge in [0.1, 0.15) is 0 Å². The zero-order chi connectivity index (χ0) is 30.1. The summed E-state index contributed by atoms with van der Waals surface area (Å²) in [4.78, 5) is 28.4. The van der Waals surface area contributed by atoms with Crippen LogP contribution in [0.15, 0.2) is 42.5 Å². The number of likely N-dealkylation sites (tertiary alicyclic amines) is 1. The zero-order valence-electron chi connectivity index (χ0n) is 23.2. The Bertz CT molecular complexity index is 1260. The van der Waals surface area contributed by atoms with Crippen LogP contribution in [0.4, 0.5) is 26.3 Å². The van der Waals surface area contributed by atoms with E-state index in [-0.39, 0.29) is 17.2 Å². The predicted molar refractivity (Wildman–Crippen MR) is 143 cm³/mol. The fourth-order valence-electron chi connectivity index (χ4n) is 6.34. The van der Waals surface area contributed by atoms with E-state index in [2.05, 4.69) is 36.3 Å². The second-order valence-corrected chi connectivity index (χ2v) is 11.4. The Hall–Kier alpha value is -3.08. The fourth-order valence-corrected chi connectivity index (χ4v) is 6.34. The molecular weight excluding hydrogens is 548 g/mol. The Balaban J connectivity index is 1.49. The minimum absolute atomic E-state index is 0.0575. The monoisotopic (exact) mass is 583 g/mol. The maximum absolute atomic E-state index is 13.4. The lowest BCUT2D eigenvalue weighted by atomic mass is 9.87. The average Bonchev–Trinajstić information content (AvgIpc) is 3.45. The molecule has 1 aliphatic heterocycles. The van der Waals surface area contributed by atoms with E-state index < -0.39 is 47.4 Å². The first-order valence-corrected chi connectivity index (χ1v) is 13.9. The number of hydrogen-bond acceptors (Lipinski definition) is 3. The van der Waals surface area contributed by atoms with Gasteiger partial charge in [-0.05, 0) is 79.8 Å². The molecule has 0 bridgehead atoms. The number of nitrogens with one attached hydrogen (secondary N) is 2. The van der Waals surface area contributed by atoms with Crippen molar-refractivity contribution in [2.24, 2.45) is 17.8 Å². The molecule has 2 aromatic carbocycles. The van der Waals surface area contributed by atoms with E-state index >= 15 is 0 Å². The van der Waals surface area contributed by atoms with Crippen LogP contribution in [0.25, 0.3) is 11.1 Å². The maximum atomic E-state index is 13.4. The summed E-state index contributed by atoms with van der Waals surface area (Å²) in [5, 5.41) is 5.40. The van der Waals surface area contributed by atoms with E-state index in [1.807, 2.05) is 0 Å². The van der Waals surface area contributed by atoms with E-state index in [1.54, 1.807) is 0 Å². The van der Waals surface area contributed by atoms with Crippen LogP contribution in [0.5, 0.6) is 0 Å². The molecule has 41 heavy (non-hydrogen) atoms. The van der Waals surface area contributed by atoms with Gasteiger partial charge in [-0.1, -0.05) is 31.5 Å². The van der Waals surface area contributed by atoms with Crippen LogP contribution in [-0.4, -0.2) is 48.4 Å². The van der Waals surface area contributed by atoms with Crippen LogP contribution in [0, 0.1) is 17.8 Å². The summed E-state index contributed by atoms with van der Waals surface area (Å²) in [6.45, 7) is 7.91. The Morgan fingerprint density at radius 1 is 0.976 bits per heavy atom. The molecule has 224 valence electrons. The number of halogens is 6. The first-order chi connectivity index (χ1) is 19.2. The molecule has 0 aromatic heterocycles. The van der Waals surface area contributed by atoms with Gasteiger partial charge >= 0.3 is 12.4 Å². The third-order valence-corrected chi connectivity index (χ3v) is 8.34. The molecule has 1 unspecified atom stereocenters.